The molecule has 4 fully saturated rings. The van der Waals surface area contributed by atoms with Gasteiger partial charge in [-0.2, -0.15) is 0 Å². The summed E-state index contributed by atoms with van der Waals surface area (Å²) in [5.41, 5.74) is 1.30. The first-order valence-corrected chi connectivity index (χ1v) is 18.2. The fraction of sp³-hybridized carbons (Fsp3) is 0.763. The van der Waals surface area contributed by atoms with Crippen molar-refractivity contribution in [3.63, 3.8) is 0 Å². The quantitative estimate of drug-likeness (QED) is 0.0973. The molecule has 46 heavy (non-hydrogen) atoms. The molecular formula is C38H58O8. The number of allylic oxidation sites excluding steroid dienone is 2. The maximum atomic E-state index is 12.0. The Kier molecular flexibility index (Phi) is 14.4. The van der Waals surface area contributed by atoms with Crippen LogP contribution in [0.5, 0.6) is 0 Å². The fourth-order valence-electron chi connectivity index (χ4n) is 7.53. The molecule has 3 aliphatic heterocycles. The van der Waals surface area contributed by atoms with E-state index >= 15 is 0 Å². The molecule has 0 spiro atoms. The minimum absolute atomic E-state index is 0.0356. The van der Waals surface area contributed by atoms with Crippen molar-refractivity contribution in [2.24, 2.45) is 11.8 Å². The van der Waals surface area contributed by atoms with Crippen LogP contribution in [0.2, 0.25) is 0 Å². The zero-order valence-electron chi connectivity index (χ0n) is 28.3. The summed E-state index contributed by atoms with van der Waals surface area (Å²) >= 11 is 0. The van der Waals surface area contributed by atoms with Gasteiger partial charge in [0.1, 0.15) is 0 Å². The Labute approximate surface area is 276 Å². The maximum Gasteiger partial charge on any atom is 0.306 e. The molecule has 0 bridgehead atoms. The van der Waals surface area contributed by atoms with Gasteiger partial charge in [0.15, 0.2) is 18.4 Å². The Hall–Kier alpha value is -1.81. The van der Waals surface area contributed by atoms with Crippen molar-refractivity contribution in [3.05, 3.63) is 48.0 Å². The largest absolute Gasteiger partial charge is 0.463 e. The first kappa shape index (κ1) is 35.5. The number of benzene rings is 1. The Morgan fingerprint density at radius 1 is 0.870 bits per heavy atom. The van der Waals surface area contributed by atoms with Gasteiger partial charge in [0.25, 0.3) is 0 Å². The predicted octanol–water partition coefficient (Wildman–Crippen LogP) is 7.67. The van der Waals surface area contributed by atoms with E-state index in [0.29, 0.717) is 19.6 Å². The van der Waals surface area contributed by atoms with E-state index in [1.807, 2.05) is 13.8 Å². The first-order valence-electron chi connectivity index (χ1n) is 18.2. The molecule has 1 aromatic rings. The van der Waals surface area contributed by atoms with E-state index in [-0.39, 0.29) is 48.7 Å². The number of carbonyl (C=O) groups is 1. The summed E-state index contributed by atoms with van der Waals surface area (Å²) in [5, 5.41) is 0. The van der Waals surface area contributed by atoms with Crippen LogP contribution in [0.15, 0.2) is 42.5 Å². The van der Waals surface area contributed by atoms with Crippen LogP contribution >= 0.6 is 0 Å². The number of ether oxygens (including phenoxy) is 7. The van der Waals surface area contributed by atoms with E-state index in [0.717, 1.165) is 103 Å². The lowest BCUT2D eigenvalue weighted by Gasteiger charge is -2.34. The highest BCUT2D eigenvalue weighted by atomic mass is 16.7. The van der Waals surface area contributed by atoms with Crippen LogP contribution in [-0.2, 0) is 44.4 Å². The standard InChI is InChI=1S/C38H58O8/c1-29(2)44-35(39)17-9-4-3-8-16-31-32(21-23-38(42-26-27-43-38)22-20-30-14-6-5-7-15-30)34(46-37-19-11-13-25-41-37)28-33(31)45-36-18-10-12-24-40-36/h3,5-8,14-15,29,31-34,36-37H,4,9-13,16-28H2,1-2H3/t31-,32-,33+,34-,36?,37?/m1/s1. The van der Waals surface area contributed by atoms with Crippen LogP contribution in [0.3, 0.4) is 0 Å². The average molecular weight is 643 g/mol. The molecule has 0 aromatic heterocycles. The molecule has 0 radical (unpaired) electrons. The highest BCUT2D eigenvalue weighted by molar-refractivity contribution is 5.69. The molecule has 1 saturated carbocycles. The van der Waals surface area contributed by atoms with Crippen molar-refractivity contribution in [2.75, 3.05) is 26.4 Å². The van der Waals surface area contributed by atoms with E-state index in [1.54, 1.807) is 0 Å². The summed E-state index contributed by atoms with van der Waals surface area (Å²) in [7, 11) is 0. The summed E-state index contributed by atoms with van der Waals surface area (Å²) in [6.07, 6.45) is 17.9. The van der Waals surface area contributed by atoms with E-state index in [1.165, 1.54) is 5.56 Å². The molecule has 258 valence electrons. The summed E-state index contributed by atoms with van der Waals surface area (Å²) in [5.74, 6) is -0.152. The Morgan fingerprint density at radius 2 is 1.54 bits per heavy atom. The third kappa shape index (κ3) is 11.1. The highest BCUT2D eigenvalue weighted by Gasteiger charge is 2.47. The lowest BCUT2D eigenvalue weighted by atomic mass is 9.84. The van der Waals surface area contributed by atoms with Crippen LogP contribution in [-0.4, -0.2) is 69.1 Å². The van der Waals surface area contributed by atoms with Crippen molar-refractivity contribution < 1.29 is 38.0 Å². The molecule has 6 atom stereocenters. The second kappa shape index (κ2) is 18.7. The first-order chi connectivity index (χ1) is 22.5. The molecule has 0 N–H and O–H groups in total. The molecular weight excluding hydrogens is 584 g/mol. The van der Waals surface area contributed by atoms with Gasteiger partial charge in [0.2, 0.25) is 0 Å². The topological polar surface area (TPSA) is 81.7 Å². The Bertz CT molecular complexity index is 1030. The number of hydrogen-bond acceptors (Lipinski definition) is 8. The van der Waals surface area contributed by atoms with Gasteiger partial charge in [0.05, 0.1) is 31.5 Å². The summed E-state index contributed by atoms with van der Waals surface area (Å²) < 4.78 is 43.7. The maximum absolute atomic E-state index is 12.0. The van der Waals surface area contributed by atoms with Gasteiger partial charge < -0.3 is 33.2 Å². The third-order valence-corrected chi connectivity index (χ3v) is 9.90. The number of carbonyl (C=O) groups excluding carboxylic acids is 1. The zero-order chi connectivity index (χ0) is 32.0. The van der Waals surface area contributed by atoms with Crippen LogP contribution in [0, 0.1) is 11.8 Å². The number of hydrogen-bond donors (Lipinski definition) is 0. The van der Waals surface area contributed by atoms with Crippen molar-refractivity contribution in [1.29, 1.82) is 0 Å². The van der Waals surface area contributed by atoms with Crippen LogP contribution in [0.4, 0.5) is 0 Å². The summed E-state index contributed by atoms with van der Waals surface area (Å²) in [6.45, 7) is 6.58. The minimum atomic E-state index is -0.571. The lowest BCUT2D eigenvalue weighted by molar-refractivity contribution is -0.205. The monoisotopic (exact) mass is 642 g/mol. The van der Waals surface area contributed by atoms with E-state index in [4.69, 9.17) is 33.2 Å². The number of rotatable bonds is 17. The van der Waals surface area contributed by atoms with Gasteiger partial charge in [-0.25, -0.2) is 0 Å². The van der Waals surface area contributed by atoms with Gasteiger partial charge in [-0.3, -0.25) is 4.79 Å². The highest BCUT2D eigenvalue weighted by Crippen LogP contribution is 2.45. The van der Waals surface area contributed by atoms with E-state index in [2.05, 4.69) is 42.5 Å². The smallest absolute Gasteiger partial charge is 0.306 e. The van der Waals surface area contributed by atoms with Crippen molar-refractivity contribution in [3.8, 4) is 0 Å². The van der Waals surface area contributed by atoms with Gasteiger partial charge in [-0.15, -0.1) is 0 Å². The van der Waals surface area contributed by atoms with Gasteiger partial charge in [-0.05, 0) is 102 Å². The summed E-state index contributed by atoms with van der Waals surface area (Å²) in [4.78, 5) is 12.0. The van der Waals surface area contributed by atoms with Crippen molar-refractivity contribution >= 4 is 5.97 Å². The molecule has 3 saturated heterocycles. The van der Waals surface area contributed by atoms with Gasteiger partial charge in [0, 0.05) is 38.9 Å². The second-order valence-corrected chi connectivity index (χ2v) is 13.8. The normalized spacial score (nSPS) is 29.9. The molecule has 2 unspecified atom stereocenters. The SMILES string of the molecule is CC(C)OC(=O)CCCC=CC[C@@H]1[C@@H](CCC2(CCc3ccccc3)OCCO2)[C@H](OC2CCCCO2)C[C@@H]1OC1CCCCO1. The second-order valence-electron chi connectivity index (χ2n) is 13.8. The predicted molar refractivity (Wildman–Crippen MR) is 176 cm³/mol. The molecule has 3 heterocycles. The lowest BCUT2D eigenvalue weighted by Crippen LogP contribution is -2.35. The zero-order valence-corrected chi connectivity index (χ0v) is 28.3. The van der Waals surface area contributed by atoms with Gasteiger partial charge in [-0.1, -0.05) is 42.5 Å². The Balaban J connectivity index is 1.27. The molecule has 5 rings (SSSR count). The average Bonchev–Trinajstić information content (AvgIpc) is 3.66. The third-order valence-electron chi connectivity index (χ3n) is 9.90. The van der Waals surface area contributed by atoms with Crippen LogP contribution in [0.25, 0.3) is 0 Å². The number of aryl methyl sites for hydroxylation is 1. The summed E-state index contributed by atoms with van der Waals surface area (Å²) in [6, 6.07) is 10.6. The molecule has 1 aliphatic carbocycles. The van der Waals surface area contributed by atoms with E-state index < -0.39 is 5.79 Å². The van der Waals surface area contributed by atoms with Crippen LogP contribution < -0.4 is 0 Å². The minimum Gasteiger partial charge on any atom is -0.463 e. The fourth-order valence-corrected chi connectivity index (χ4v) is 7.53. The van der Waals surface area contributed by atoms with Gasteiger partial charge >= 0.3 is 5.97 Å². The molecule has 8 heteroatoms. The van der Waals surface area contributed by atoms with Crippen molar-refractivity contribution in [2.45, 2.75) is 147 Å². The number of unbranched alkanes of at least 4 members (excludes halogenated alkanes) is 1. The molecule has 8 nitrogen and oxygen atoms in total. The molecule has 0 amide bonds. The molecule has 1 aromatic carbocycles. The van der Waals surface area contributed by atoms with Crippen molar-refractivity contribution in [1.82, 2.24) is 0 Å². The number of esters is 1. The molecule has 4 aliphatic rings. The van der Waals surface area contributed by atoms with Crippen LogP contribution in [0.1, 0.15) is 109 Å². The van der Waals surface area contributed by atoms with E-state index in [9.17, 15) is 4.79 Å². The Morgan fingerprint density at radius 3 is 2.17 bits per heavy atom.